The van der Waals surface area contributed by atoms with Crippen LogP contribution >= 0.6 is 0 Å². The number of allylic oxidation sites excluding steroid dienone is 3. The molecule has 0 bridgehead atoms. The van der Waals surface area contributed by atoms with Gasteiger partial charge in [-0.3, -0.25) is 0 Å². The van der Waals surface area contributed by atoms with Crippen molar-refractivity contribution in [3.8, 4) is 0 Å². The van der Waals surface area contributed by atoms with Crippen LogP contribution < -0.4 is 0 Å². The Morgan fingerprint density at radius 2 is 2.10 bits per heavy atom. The first-order valence-electron chi connectivity index (χ1n) is 11.2. The maximum Gasteiger partial charge on any atom is 0.333 e. The highest BCUT2D eigenvalue weighted by molar-refractivity contribution is 5.85. The van der Waals surface area contributed by atoms with E-state index in [0.717, 1.165) is 24.8 Å². The van der Waals surface area contributed by atoms with Crippen molar-refractivity contribution < 1.29 is 24.5 Å². The molecule has 0 radical (unpaired) electrons. The minimum absolute atomic E-state index is 0.296. The van der Waals surface area contributed by atoms with E-state index in [1.165, 1.54) is 42.9 Å². The van der Waals surface area contributed by atoms with Crippen LogP contribution in [0.2, 0.25) is 0 Å². The molecule has 5 unspecified atom stereocenters. The molecule has 0 saturated heterocycles. The predicted octanol–water partition coefficient (Wildman–Crippen LogP) is 4.71. The summed E-state index contributed by atoms with van der Waals surface area (Å²) in [5.74, 6) is 0.135. The van der Waals surface area contributed by atoms with E-state index in [2.05, 4.69) is 33.4 Å². The van der Waals surface area contributed by atoms with Crippen LogP contribution in [0.15, 0.2) is 47.1 Å². The average Bonchev–Trinajstić information content (AvgIpc) is 3.23. The van der Waals surface area contributed by atoms with Crippen LogP contribution in [0, 0.1) is 11.3 Å². The number of hydrogen-bond donors (Lipinski definition) is 2. The van der Waals surface area contributed by atoms with E-state index < -0.39 is 24.7 Å². The molecule has 1 fully saturated rings. The van der Waals surface area contributed by atoms with Crippen LogP contribution in [0.4, 0.5) is 0 Å². The zero-order valence-electron chi connectivity index (χ0n) is 18.5. The van der Waals surface area contributed by atoms with Gasteiger partial charge < -0.3 is 19.7 Å². The van der Waals surface area contributed by atoms with Crippen LogP contribution in [-0.2, 0) is 14.3 Å². The quantitative estimate of drug-likeness (QED) is 0.443. The number of aliphatic hydroxyl groups is 2. The molecule has 1 saturated carbocycles. The molecule has 0 aromatic carbocycles. The third-order valence-corrected chi connectivity index (χ3v) is 7.32. The summed E-state index contributed by atoms with van der Waals surface area (Å²) in [6.45, 7) is 11.0. The minimum atomic E-state index is -1.28. The predicted molar refractivity (Wildman–Crippen MR) is 116 cm³/mol. The second kappa shape index (κ2) is 9.63. The van der Waals surface area contributed by atoms with Crippen molar-refractivity contribution in [1.29, 1.82) is 0 Å². The fourth-order valence-corrected chi connectivity index (χ4v) is 5.24. The van der Waals surface area contributed by atoms with Gasteiger partial charge in [-0.15, -0.1) is 0 Å². The Kier molecular flexibility index (Phi) is 7.38. The van der Waals surface area contributed by atoms with Gasteiger partial charge in [-0.1, -0.05) is 43.2 Å². The zero-order valence-corrected chi connectivity index (χ0v) is 18.5. The van der Waals surface area contributed by atoms with Crippen LogP contribution in [0.3, 0.4) is 0 Å². The van der Waals surface area contributed by atoms with Crippen LogP contribution in [0.25, 0.3) is 0 Å². The summed E-state index contributed by atoms with van der Waals surface area (Å²) in [5.41, 5.74) is 4.23. The lowest BCUT2D eigenvalue weighted by Gasteiger charge is -2.35. The average molecular weight is 417 g/mol. The number of cyclic esters (lactones) is 1. The Balaban J connectivity index is 1.49. The SMILES string of the molecule is C=C(C)C1(CC/C(C)=C/CCC2=CCC(C3=CC(=O)OC3O)OC2O)CCCC1C. The van der Waals surface area contributed by atoms with Crippen molar-refractivity contribution in [2.24, 2.45) is 11.3 Å². The maximum atomic E-state index is 11.3. The molecule has 3 rings (SSSR count). The van der Waals surface area contributed by atoms with E-state index in [4.69, 9.17) is 9.47 Å². The van der Waals surface area contributed by atoms with Crippen molar-refractivity contribution in [1.82, 2.24) is 0 Å². The molecule has 0 amide bonds. The molecule has 30 heavy (non-hydrogen) atoms. The lowest BCUT2D eigenvalue weighted by molar-refractivity contribution is -0.155. The summed E-state index contributed by atoms with van der Waals surface area (Å²) in [5, 5.41) is 20.1. The molecule has 5 heteroatoms. The topological polar surface area (TPSA) is 76.0 Å². The van der Waals surface area contributed by atoms with E-state index in [1.807, 2.05) is 6.08 Å². The summed E-state index contributed by atoms with van der Waals surface area (Å²) < 4.78 is 10.3. The highest BCUT2D eigenvalue weighted by atomic mass is 16.6. The Morgan fingerprint density at radius 1 is 1.33 bits per heavy atom. The van der Waals surface area contributed by atoms with Gasteiger partial charge in [-0.2, -0.15) is 0 Å². The van der Waals surface area contributed by atoms with E-state index >= 15 is 0 Å². The molecule has 1 aliphatic carbocycles. The molecular formula is C25H36O5. The molecule has 166 valence electrons. The van der Waals surface area contributed by atoms with Gasteiger partial charge in [0.2, 0.25) is 6.29 Å². The monoisotopic (exact) mass is 416 g/mol. The first-order valence-corrected chi connectivity index (χ1v) is 11.2. The van der Waals surface area contributed by atoms with Gasteiger partial charge in [0.15, 0.2) is 6.29 Å². The summed E-state index contributed by atoms with van der Waals surface area (Å²) in [7, 11) is 0. The van der Waals surface area contributed by atoms with Crippen molar-refractivity contribution in [3.05, 3.63) is 47.1 Å². The van der Waals surface area contributed by atoms with Gasteiger partial charge in [0.25, 0.3) is 0 Å². The Labute approximate surface area is 180 Å². The standard InChI is InChI=1S/C25H36O5/c1-16(2)25(13-6-8-18(25)4)14-12-17(3)7-5-9-19-10-11-21(29-23(19)27)20-15-22(26)30-24(20)28/h7,10,15,18,21,23-24,27-28H,1,5-6,8-9,11-14H2,2-4H3/b17-7+. The van der Waals surface area contributed by atoms with E-state index in [0.29, 0.717) is 23.3 Å². The molecule has 2 heterocycles. The van der Waals surface area contributed by atoms with Gasteiger partial charge in [-0.05, 0) is 75.7 Å². The fourth-order valence-electron chi connectivity index (χ4n) is 5.24. The first-order chi connectivity index (χ1) is 14.2. The van der Waals surface area contributed by atoms with E-state index in [-0.39, 0.29) is 0 Å². The third kappa shape index (κ3) is 4.96. The van der Waals surface area contributed by atoms with Gasteiger partial charge in [-0.25, -0.2) is 4.79 Å². The fraction of sp³-hybridized carbons (Fsp3) is 0.640. The molecule has 5 atom stereocenters. The lowest BCUT2D eigenvalue weighted by Crippen LogP contribution is -2.32. The molecule has 3 aliphatic rings. The van der Waals surface area contributed by atoms with Crippen LogP contribution in [0.5, 0.6) is 0 Å². The smallest absolute Gasteiger partial charge is 0.333 e. The van der Waals surface area contributed by atoms with Crippen LogP contribution in [0.1, 0.15) is 72.1 Å². The number of hydrogen-bond acceptors (Lipinski definition) is 5. The van der Waals surface area contributed by atoms with Crippen molar-refractivity contribution >= 4 is 5.97 Å². The van der Waals surface area contributed by atoms with Crippen molar-refractivity contribution in [2.45, 2.75) is 90.8 Å². The third-order valence-electron chi connectivity index (χ3n) is 7.32. The molecular weight excluding hydrogens is 380 g/mol. The first kappa shape index (κ1) is 23.0. The van der Waals surface area contributed by atoms with Crippen molar-refractivity contribution in [2.75, 3.05) is 0 Å². The van der Waals surface area contributed by atoms with Gasteiger partial charge in [0.05, 0.1) is 6.10 Å². The Bertz CT molecular complexity index is 762. The second-order valence-corrected chi connectivity index (χ2v) is 9.24. The summed E-state index contributed by atoms with van der Waals surface area (Å²) in [4.78, 5) is 11.3. The van der Waals surface area contributed by atoms with E-state index in [9.17, 15) is 15.0 Å². The number of carbonyl (C=O) groups excluding carboxylic acids is 1. The summed E-state index contributed by atoms with van der Waals surface area (Å²) in [6.07, 6.45) is 10.8. The number of rotatable bonds is 8. The molecule has 2 aliphatic heterocycles. The Morgan fingerprint density at radius 3 is 2.67 bits per heavy atom. The van der Waals surface area contributed by atoms with Gasteiger partial charge in [0.1, 0.15) is 0 Å². The molecule has 5 nitrogen and oxygen atoms in total. The van der Waals surface area contributed by atoms with Crippen LogP contribution in [-0.4, -0.2) is 34.9 Å². The molecule has 0 aromatic heterocycles. The van der Waals surface area contributed by atoms with E-state index in [1.54, 1.807) is 0 Å². The summed E-state index contributed by atoms with van der Waals surface area (Å²) >= 11 is 0. The number of ether oxygens (including phenoxy) is 2. The van der Waals surface area contributed by atoms with Crippen molar-refractivity contribution in [3.63, 3.8) is 0 Å². The zero-order chi connectivity index (χ0) is 21.9. The highest BCUT2D eigenvalue weighted by Gasteiger charge is 2.40. The highest BCUT2D eigenvalue weighted by Crippen LogP contribution is 2.51. The maximum absolute atomic E-state index is 11.3. The number of aliphatic hydroxyl groups excluding tert-OH is 2. The Hall–Kier alpha value is -1.69. The molecule has 0 spiro atoms. The molecule has 0 aromatic rings. The number of esters is 1. The normalized spacial score (nSPS) is 34.6. The number of carbonyl (C=O) groups is 1. The largest absolute Gasteiger partial charge is 0.429 e. The summed E-state index contributed by atoms with van der Waals surface area (Å²) in [6, 6.07) is 0. The van der Waals surface area contributed by atoms with Gasteiger partial charge >= 0.3 is 5.97 Å². The minimum Gasteiger partial charge on any atom is -0.429 e. The molecule has 2 N–H and O–H groups in total. The lowest BCUT2D eigenvalue weighted by atomic mass is 9.70. The second-order valence-electron chi connectivity index (χ2n) is 9.24. The van der Waals surface area contributed by atoms with Gasteiger partial charge in [0, 0.05) is 11.6 Å².